The van der Waals surface area contributed by atoms with E-state index in [4.69, 9.17) is 9.47 Å². The van der Waals surface area contributed by atoms with Crippen molar-refractivity contribution < 1.29 is 14.4 Å². The van der Waals surface area contributed by atoms with E-state index in [0.29, 0.717) is 12.2 Å². The van der Waals surface area contributed by atoms with Gasteiger partial charge in [-0.2, -0.15) is 0 Å². The number of benzene rings is 1. The Morgan fingerprint density at radius 1 is 1.25 bits per heavy atom. The van der Waals surface area contributed by atoms with Crippen molar-refractivity contribution in [2.75, 3.05) is 26.2 Å². The lowest BCUT2D eigenvalue weighted by atomic mass is 10.1. The highest BCUT2D eigenvalue weighted by Gasteiger charge is 2.25. The first-order chi connectivity index (χ1) is 9.45. The molecule has 1 aliphatic rings. The maximum Gasteiger partial charge on any atom is 0.137 e. The van der Waals surface area contributed by atoms with Crippen LogP contribution in [-0.2, 0) is 4.74 Å². The Labute approximate surface area is 130 Å². The number of hydrogen-bond donors (Lipinski definition) is 1. The van der Waals surface area contributed by atoms with Gasteiger partial charge in [-0.3, -0.25) is 0 Å². The van der Waals surface area contributed by atoms with E-state index >= 15 is 0 Å². The lowest BCUT2D eigenvalue weighted by Crippen LogP contribution is -3.16. The zero-order chi connectivity index (χ0) is 14.7. The molecular formula is C16H25BrNO2+. The van der Waals surface area contributed by atoms with Gasteiger partial charge in [-0.15, -0.1) is 0 Å². The third kappa shape index (κ3) is 4.21. The average Bonchev–Trinajstić information content (AvgIpc) is 2.31. The Kier molecular flexibility index (Phi) is 5.47. The van der Waals surface area contributed by atoms with Crippen LogP contribution in [0.15, 0.2) is 16.6 Å². The first-order valence-corrected chi connectivity index (χ1v) is 8.13. The first kappa shape index (κ1) is 15.8. The maximum atomic E-state index is 5.99. The molecule has 0 aliphatic carbocycles. The van der Waals surface area contributed by atoms with Crippen LogP contribution in [-0.4, -0.2) is 38.4 Å². The first-order valence-electron chi connectivity index (χ1n) is 7.34. The molecule has 0 amide bonds. The van der Waals surface area contributed by atoms with Crippen molar-refractivity contribution in [2.24, 2.45) is 0 Å². The van der Waals surface area contributed by atoms with Crippen molar-refractivity contribution in [3.05, 3.63) is 27.7 Å². The second-order valence-corrected chi connectivity index (χ2v) is 6.76. The Balaban J connectivity index is 1.87. The van der Waals surface area contributed by atoms with Gasteiger partial charge in [-0.05, 0) is 60.8 Å². The van der Waals surface area contributed by atoms with E-state index in [1.165, 1.54) is 11.1 Å². The number of nitrogens with one attached hydrogen (secondary N) is 1. The maximum absolute atomic E-state index is 5.99. The lowest BCUT2D eigenvalue weighted by molar-refractivity contribution is -0.915. The van der Waals surface area contributed by atoms with Gasteiger partial charge < -0.3 is 14.4 Å². The van der Waals surface area contributed by atoms with E-state index in [1.54, 1.807) is 4.90 Å². The van der Waals surface area contributed by atoms with Crippen molar-refractivity contribution in [3.63, 3.8) is 0 Å². The summed E-state index contributed by atoms with van der Waals surface area (Å²) in [5.74, 6) is 0.976. The Morgan fingerprint density at radius 3 is 2.50 bits per heavy atom. The minimum atomic E-state index is 0.349. The van der Waals surface area contributed by atoms with Crippen LogP contribution in [0.25, 0.3) is 0 Å². The van der Waals surface area contributed by atoms with Gasteiger partial charge in [0.2, 0.25) is 0 Å². The van der Waals surface area contributed by atoms with Crippen LogP contribution in [0.1, 0.15) is 25.0 Å². The number of hydrogen-bond acceptors (Lipinski definition) is 2. The summed E-state index contributed by atoms with van der Waals surface area (Å²) in [6.45, 7) is 12.4. The highest BCUT2D eigenvalue weighted by atomic mass is 79.9. The zero-order valence-electron chi connectivity index (χ0n) is 12.8. The van der Waals surface area contributed by atoms with Crippen LogP contribution in [0.5, 0.6) is 5.75 Å². The van der Waals surface area contributed by atoms with E-state index < -0.39 is 0 Å². The number of rotatable bonds is 4. The van der Waals surface area contributed by atoms with Gasteiger partial charge in [-0.25, -0.2) is 0 Å². The monoisotopic (exact) mass is 342 g/mol. The number of aryl methyl sites for hydroxylation is 2. The van der Waals surface area contributed by atoms with Crippen molar-refractivity contribution in [3.8, 4) is 5.75 Å². The predicted octanol–water partition coefficient (Wildman–Crippen LogP) is 2.14. The van der Waals surface area contributed by atoms with Gasteiger partial charge in [0.1, 0.15) is 44.2 Å². The van der Waals surface area contributed by atoms with Crippen LogP contribution in [0.3, 0.4) is 0 Å². The molecule has 1 saturated heterocycles. The second-order valence-electron chi connectivity index (χ2n) is 5.91. The molecule has 0 bridgehead atoms. The number of ether oxygens (including phenoxy) is 2. The zero-order valence-corrected chi connectivity index (χ0v) is 14.4. The highest BCUT2D eigenvalue weighted by Crippen LogP contribution is 2.29. The molecule has 1 heterocycles. The molecule has 1 N–H and O–H groups in total. The number of morpholine rings is 1. The van der Waals surface area contributed by atoms with E-state index in [1.807, 2.05) is 0 Å². The fourth-order valence-corrected chi connectivity index (χ4v) is 3.76. The van der Waals surface area contributed by atoms with Gasteiger partial charge in [0.05, 0.1) is 4.47 Å². The van der Waals surface area contributed by atoms with E-state index in [2.05, 4.69) is 55.8 Å². The van der Waals surface area contributed by atoms with Crippen molar-refractivity contribution in [1.29, 1.82) is 0 Å². The molecule has 2 rings (SSSR count). The van der Waals surface area contributed by atoms with Crippen LogP contribution < -0.4 is 9.64 Å². The number of quaternary nitrogens is 1. The van der Waals surface area contributed by atoms with Crippen LogP contribution >= 0.6 is 15.9 Å². The smallest absolute Gasteiger partial charge is 0.137 e. The third-order valence-electron chi connectivity index (χ3n) is 3.69. The molecule has 1 aliphatic heterocycles. The van der Waals surface area contributed by atoms with Gasteiger partial charge >= 0.3 is 0 Å². The summed E-state index contributed by atoms with van der Waals surface area (Å²) in [5.41, 5.74) is 2.44. The molecule has 0 aromatic heterocycles. The molecule has 2 atom stereocenters. The third-order valence-corrected chi connectivity index (χ3v) is 4.28. The highest BCUT2D eigenvalue weighted by molar-refractivity contribution is 9.10. The van der Waals surface area contributed by atoms with Gasteiger partial charge in [0.25, 0.3) is 0 Å². The summed E-state index contributed by atoms with van der Waals surface area (Å²) >= 11 is 3.59. The SMILES string of the molecule is Cc1cc(C)c(OCC[NH+]2C[C@@H](C)O[C@H](C)C2)c(Br)c1. The van der Waals surface area contributed by atoms with Crippen molar-refractivity contribution in [2.45, 2.75) is 39.9 Å². The molecular weight excluding hydrogens is 318 g/mol. The normalized spacial score (nSPS) is 26.6. The molecule has 4 heteroatoms. The van der Waals surface area contributed by atoms with Gasteiger partial charge in [0, 0.05) is 0 Å². The molecule has 1 aromatic carbocycles. The molecule has 1 fully saturated rings. The predicted molar refractivity (Wildman–Crippen MR) is 84.7 cm³/mol. The molecule has 1 aromatic rings. The summed E-state index contributed by atoms with van der Waals surface area (Å²) < 4.78 is 12.8. The van der Waals surface area contributed by atoms with E-state index in [0.717, 1.165) is 36.5 Å². The van der Waals surface area contributed by atoms with Crippen LogP contribution in [0, 0.1) is 13.8 Å². The van der Waals surface area contributed by atoms with Crippen LogP contribution in [0.4, 0.5) is 0 Å². The molecule has 3 nitrogen and oxygen atoms in total. The minimum absolute atomic E-state index is 0.349. The Morgan fingerprint density at radius 2 is 1.90 bits per heavy atom. The van der Waals surface area contributed by atoms with Crippen molar-refractivity contribution in [1.82, 2.24) is 0 Å². The van der Waals surface area contributed by atoms with Crippen LogP contribution in [0.2, 0.25) is 0 Å². The molecule has 0 unspecified atom stereocenters. The fraction of sp³-hybridized carbons (Fsp3) is 0.625. The minimum Gasteiger partial charge on any atom is -0.486 e. The number of halogens is 1. The largest absolute Gasteiger partial charge is 0.486 e. The summed E-state index contributed by atoms with van der Waals surface area (Å²) in [6, 6.07) is 4.26. The molecule has 0 spiro atoms. The fourth-order valence-electron chi connectivity index (χ4n) is 2.98. The standard InChI is InChI=1S/C16H24BrNO2/c1-11-7-12(2)16(15(17)8-11)19-6-5-18-9-13(3)20-14(4)10-18/h7-8,13-14H,5-6,9-10H2,1-4H3/p+1/t13-,14-/m1/s1. The summed E-state index contributed by atoms with van der Waals surface area (Å²) in [5, 5.41) is 0. The lowest BCUT2D eigenvalue weighted by Gasteiger charge is -2.32. The van der Waals surface area contributed by atoms with Gasteiger partial charge in [-0.1, -0.05) is 6.07 Å². The summed E-state index contributed by atoms with van der Waals surface area (Å²) in [6.07, 6.45) is 0.697. The molecule has 20 heavy (non-hydrogen) atoms. The molecule has 0 radical (unpaired) electrons. The van der Waals surface area contributed by atoms with E-state index in [-0.39, 0.29) is 0 Å². The molecule has 0 saturated carbocycles. The second kappa shape index (κ2) is 6.92. The quantitative estimate of drug-likeness (QED) is 0.905. The van der Waals surface area contributed by atoms with E-state index in [9.17, 15) is 0 Å². The Hall–Kier alpha value is -0.580. The van der Waals surface area contributed by atoms with Crippen molar-refractivity contribution >= 4 is 15.9 Å². The summed E-state index contributed by atoms with van der Waals surface area (Å²) in [4.78, 5) is 1.57. The molecule has 112 valence electrons. The summed E-state index contributed by atoms with van der Waals surface area (Å²) in [7, 11) is 0. The topological polar surface area (TPSA) is 22.9 Å². The van der Waals surface area contributed by atoms with Gasteiger partial charge in [0.15, 0.2) is 0 Å². The average molecular weight is 343 g/mol. The Bertz CT molecular complexity index is 431.